The molecule has 0 spiro atoms. The molecule has 0 aliphatic heterocycles. The standard InChI is InChI=1S/C30H36BrN3O5S/c1-21-12-17-27(39-6)26(18-21)34(40(37,38)25-10-8-7-9-11-25)20-28(35)33(19-23-13-15-24(31)16-14-23)22(2)29(36)32-30(3,4)5/h7-18,22H,19-20H2,1-6H3,(H,32,36). The Morgan fingerprint density at radius 1 is 1.00 bits per heavy atom. The van der Waals surface area contributed by atoms with Crippen LogP contribution in [-0.2, 0) is 26.2 Å². The van der Waals surface area contributed by atoms with Crippen molar-refractivity contribution in [2.45, 2.75) is 57.6 Å². The summed E-state index contributed by atoms with van der Waals surface area (Å²) in [7, 11) is -2.74. The van der Waals surface area contributed by atoms with Crippen LogP contribution in [0.5, 0.6) is 5.75 Å². The van der Waals surface area contributed by atoms with Crippen LogP contribution in [0.3, 0.4) is 0 Å². The lowest BCUT2D eigenvalue weighted by molar-refractivity contribution is -0.140. The first-order chi connectivity index (χ1) is 18.7. The molecule has 8 nitrogen and oxygen atoms in total. The number of hydrogen-bond donors (Lipinski definition) is 1. The Balaban J connectivity index is 2.09. The van der Waals surface area contributed by atoms with E-state index in [2.05, 4.69) is 21.2 Å². The Morgan fingerprint density at radius 2 is 1.62 bits per heavy atom. The third kappa shape index (κ3) is 7.85. The van der Waals surface area contributed by atoms with Crippen LogP contribution in [0.25, 0.3) is 0 Å². The average Bonchev–Trinajstić information content (AvgIpc) is 2.90. The lowest BCUT2D eigenvalue weighted by atomic mass is 10.1. The maximum atomic E-state index is 14.1. The molecule has 1 atom stereocenters. The fourth-order valence-electron chi connectivity index (χ4n) is 4.07. The molecule has 2 amide bonds. The second-order valence-electron chi connectivity index (χ2n) is 10.6. The van der Waals surface area contributed by atoms with Crippen molar-refractivity contribution < 1.29 is 22.7 Å². The molecule has 10 heteroatoms. The third-order valence-electron chi connectivity index (χ3n) is 6.14. The number of carbonyl (C=O) groups excluding carboxylic acids is 2. The molecule has 3 aromatic carbocycles. The summed E-state index contributed by atoms with van der Waals surface area (Å²) >= 11 is 3.42. The molecule has 40 heavy (non-hydrogen) atoms. The van der Waals surface area contributed by atoms with Crippen molar-refractivity contribution in [3.63, 3.8) is 0 Å². The van der Waals surface area contributed by atoms with Crippen molar-refractivity contribution >= 4 is 43.5 Å². The zero-order valence-corrected chi connectivity index (χ0v) is 26.0. The number of amides is 2. The van der Waals surface area contributed by atoms with Gasteiger partial charge in [-0.05, 0) is 82.1 Å². The van der Waals surface area contributed by atoms with Crippen molar-refractivity contribution in [3.8, 4) is 5.75 Å². The molecule has 3 aromatic rings. The van der Waals surface area contributed by atoms with Gasteiger partial charge in [0.1, 0.15) is 18.3 Å². The number of sulfonamides is 1. The number of carbonyl (C=O) groups is 2. The van der Waals surface area contributed by atoms with Crippen LogP contribution in [0.15, 0.2) is 82.2 Å². The van der Waals surface area contributed by atoms with Gasteiger partial charge in [0.15, 0.2) is 0 Å². The minimum Gasteiger partial charge on any atom is -0.495 e. The average molecular weight is 631 g/mol. The van der Waals surface area contributed by atoms with E-state index in [0.717, 1.165) is 19.9 Å². The van der Waals surface area contributed by atoms with Crippen molar-refractivity contribution in [1.29, 1.82) is 0 Å². The second-order valence-corrected chi connectivity index (χ2v) is 13.3. The quantitative estimate of drug-likeness (QED) is 0.329. The molecule has 3 rings (SSSR count). The van der Waals surface area contributed by atoms with Gasteiger partial charge >= 0.3 is 0 Å². The minimum absolute atomic E-state index is 0.0318. The molecule has 0 radical (unpaired) electrons. The smallest absolute Gasteiger partial charge is 0.264 e. The maximum absolute atomic E-state index is 14.1. The molecule has 0 heterocycles. The van der Waals surface area contributed by atoms with Crippen LogP contribution in [0.2, 0.25) is 0 Å². The van der Waals surface area contributed by atoms with E-state index in [1.54, 1.807) is 43.3 Å². The molecule has 0 bridgehead atoms. The van der Waals surface area contributed by atoms with Crippen LogP contribution >= 0.6 is 15.9 Å². The summed E-state index contributed by atoms with van der Waals surface area (Å²) in [5.41, 5.74) is 1.30. The van der Waals surface area contributed by atoms with Crippen LogP contribution in [0.4, 0.5) is 5.69 Å². The fourth-order valence-corrected chi connectivity index (χ4v) is 5.77. The zero-order valence-electron chi connectivity index (χ0n) is 23.6. The molecular formula is C30H36BrN3O5S. The van der Waals surface area contributed by atoms with E-state index in [9.17, 15) is 18.0 Å². The predicted octanol–water partition coefficient (Wildman–Crippen LogP) is 5.29. The number of nitrogens with one attached hydrogen (secondary N) is 1. The van der Waals surface area contributed by atoms with Gasteiger partial charge in [-0.1, -0.05) is 52.3 Å². The Hall–Kier alpha value is -3.37. The predicted molar refractivity (Wildman–Crippen MR) is 161 cm³/mol. The highest BCUT2D eigenvalue weighted by molar-refractivity contribution is 9.10. The van der Waals surface area contributed by atoms with Crippen LogP contribution in [0.1, 0.15) is 38.8 Å². The first-order valence-corrected chi connectivity index (χ1v) is 15.0. The van der Waals surface area contributed by atoms with Crippen LogP contribution < -0.4 is 14.4 Å². The van der Waals surface area contributed by atoms with E-state index < -0.39 is 34.1 Å². The van der Waals surface area contributed by atoms with Gasteiger partial charge in [0.2, 0.25) is 11.8 Å². The molecule has 0 aliphatic rings. The van der Waals surface area contributed by atoms with Gasteiger partial charge in [-0.2, -0.15) is 0 Å². The van der Waals surface area contributed by atoms with E-state index in [1.807, 2.05) is 52.0 Å². The summed E-state index contributed by atoms with van der Waals surface area (Å²) in [6.45, 7) is 8.61. The molecule has 0 aliphatic carbocycles. The molecule has 214 valence electrons. The molecule has 1 N–H and O–H groups in total. The van der Waals surface area contributed by atoms with Gasteiger partial charge < -0.3 is 15.0 Å². The van der Waals surface area contributed by atoms with Gasteiger partial charge in [0, 0.05) is 16.6 Å². The summed E-state index contributed by atoms with van der Waals surface area (Å²) in [5.74, 6) is -0.581. The summed E-state index contributed by atoms with van der Waals surface area (Å²) in [4.78, 5) is 28.7. The maximum Gasteiger partial charge on any atom is 0.264 e. The van der Waals surface area contributed by atoms with Gasteiger partial charge in [-0.3, -0.25) is 13.9 Å². The molecule has 1 unspecified atom stereocenters. The molecule has 0 fully saturated rings. The van der Waals surface area contributed by atoms with Gasteiger partial charge in [-0.15, -0.1) is 0 Å². The first kappa shape index (κ1) is 31.2. The number of methoxy groups -OCH3 is 1. The lowest BCUT2D eigenvalue weighted by Crippen LogP contribution is -2.54. The zero-order chi connectivity index (χ0) is 29.7. The number of aryl methyl sites for hydroxylation is 1. The third-order valence-corrected chi connectivity index (χ3v) is 8.45. The number of hydrogen-bond acceptors (Lipinski definition) is 5. The normalized spacial score (nSPS) is 12.4. The summed E-state index contributed by atoms with van der Waals surface area (Å²) in [5, 5.41) is 2.92. The van der Waals surface area contributed by atoms with Gasteiger partial charge in [0.05, 0.1) is 17.7 Å². The SMILES string of the molecule is COc1ccc(C)cc1N(CC(=O)N(Cc1ccc(Br)cc1)C(C)C(=O)NC(C)(C)C)S(=O)(=O)c1ccccc1. The van der Waals surface area contributed by atoms with E-state index in [1.165, 1.54) is 24.1 Å². The van der Waals surface area contributed by atoms with E-state index in [0.29, 0.717) is 5.75 Å². The largest absolute Gasteiger partial charge is 0.495 e. The van der Waals surface area contributed by atoms with Crippen LogP contribution in [-0.4, -0.2) is 50.4 Å². The Kier molecular flexibility index (Phi) is 10.0. The topological polar surface area (TPSA) is 96.0 Å². The highest BCUT2D eigenvalue weighted by Gasteiger charge is 2.34. The van der Waals surface area contributed by atoms with Gasteiger partial charge in [0.25, 0.3) is 10.0 Å². The number of rotatable bonds is 10. The first-order valence-electron chi connectivity index (χ1n) is 12.8. The molecule has 0 aromatic heterocycles. The van der Waals surface area contributed by atoms with Crippen molar-refractivity contribution in [3.05, 3.63) is 88.4 Å². The van der Waals surface area contributed by atoms with E-state index in [-0.39, 0.29) is 23.0 Å². The second kappa shape index (κ2) is 12.9. The van der Waals surface area contributed by atoms with E-state index >= 15 is 0 Å². The molecule has 0 saturated heterocycles. The number of ether oxygens (including phenoxy) is 1. The van der Waals surface area contributed by atoms with Gasteiger partial charge in [-0.25, -0.2) is 8.42 Å². The van der Waals surface area contributed by atoms with Crippen molar-refractivity contribution in [2.75, 3.05) is 18.0 Å². The number of nitrogens with zero attached hydrogens (tertiary/aromatic N) is 2. The van der Waals surface area contributed by atoms with Crippen LogP contribution in [0, 0.1) is 6.92 Å². The number of anilines is 1. The fraction of sp³-hybridized carbons (Fsp3) is 0.333. The summed E-state index contributed by atoms with van der Waals surface area (Å²) < 4.78 is 35.4. The Bertz CT molecular complexity index is 1440. The van der Waals surface area contributed by atoms with Crippen molar-refractivity contribution in [2.24, 2.45) is 0 Å². The minimum atomic E-state index is -4.19. The summed E-state index contributed by atoms with van der Waals surface area (Å²) in [6.07, 6.45) is 0. The highest BCUT2D eigenvalue weighted by atomic mass is 79.9. The monoisotopic (exact) mass is 629 g/mol. The summed E-state index contributed by atoms with van der Waals surface area (Å²) in [6, 6.07) is 19.6. The highest BCUT2D eigenvalue weighted by Crippen LogP contribution is 2.33. The molecule has 0 saturated carbocycles. The number of halogens is 1. The Labute approximate surface area is 245 Å². The number of benzene rings is 3. The van der Waals surface area contributed by atoms with Crippen molar-refractivity contribution in [1.82, 2.24) is 10.2 Å². The Morgan fingerprint density at radius 3 is 2.20 bits per heavy atom. The lowest BCUT2D eigenvalue weighted by Gasteiger charge is -2.33. The van der Waals surface area contributed by atoms with E-state index in [4.69, 9.17) is 4.74 Å². The molecular weight excluding hydrogens is 594 g/mol.